The van der Waals surface area contributed by atoms with Crippen LogP contribution in [0.15, 0.2) is 0 Å². The summed E-state index contributed by atoms with van der Waals surface area (Å²) in [5.41, 5.74) is -2.46. The average molecular weight is 338 g/mol. The summed E-state index contributed by atoms with van der Waals surface area (Å²) in [4.78, 5) is 13.0. The molecule has 2 atom stereocenters. The maximum Gasteiger partial charge on any atom is 0.410 e. The van der Waals surface area contributed by atoms with Crippen LogP contribution in [0.25, 0.3) is 0 Å². The average Bonchev–Trinajstić information content (AvgIpc) is 2.28. The van der Waals surface area contributed by atoms with E-state index in [9.17, 15) is 18.5 Å². The Hall–Kier alpha value is -0.730. The van der Waals surface area contributed by atoms with E-state index in [2.05, 4.69) is 4.72 Å². The first-order valence-corrected chi connectivity index (χ1v) is 8.39. The van der Waals surface area contributed by atoms with Crippen molar-refractivity contribution >= 4 is 17.1 Å². The number of rotatable bonds is 4. The number of ether oxygens (including phenoxy) is 1. The number of alkyl halides is 1. The van der Waals surface area contributed by atoms with Crippen molar-refractivity contribution in [1.29, 1.82) is 0 Å². The number of aliphatic hydroxyl groups is 1. The van der Waals surface area contributed by atoms with Crippen LogP contribution >= 0.6 is 0 Å². The first-order valence-electron chi connectivity index (χ1n) is 7.24. The third-order valence-corrected chi connectivity index (χ3v) is 4.78. The standard InChI is InChI=1S/C14H27FN2O4S/c1-12(2,3)21-11(19)17-8-14(15,9-17)10(7-18)16-22(20)13(4,5)6/h10,16,18H,7-9H2,1-6H3. The number of nitrogens with one attached hydrogen (secondary N) is 1. The van der Waals surface area contributed by atoms with E-state index in [0.717, 1.165) is 0 Å². The molecular weight excluding hydrogens is 311 g/mol. The summed E-state index contributed by atoms with van der Waals surface area (Å²) in [5.74, 6) is 0. The molecule has 2 N–H and O–H groups in total. The van der Waals surface area contributed by atoms with Gasteiger partial charge in [0.1, 0.15) is 5.60 Å². The summed E-state index contributed by atoms with van der Waals surface area (Å²) in [7, 11) is -1.50. The van der Waals surface area contributed by atoms with Crippen molar-refractivity contribution in [3.05, 3.63) is 0 Å². The van der Waals surface area contributed by atoms with Crippen LogP contribution < -0.4 is 4.72 Å². The quantitative estimate of drug-likeness (QED) is 0.811. The Labute approximate surface area is 134 Å². The van der Waals surface area contributed by atoms with E-state index in [0.29, 0.717) is 0 Å². The zero-order chi connectivity index (χ0) is 17.3. The number of amides is 1. The second-order valence-corrected chi connectivity index (χ2v) is 9.60. The molecule has 0 aromatic rings. The van der Waals surface area contributed by atoms with Gasteiger partial charge in [0.2, 0.25) is 0 Å². The van der Waals surface area contributed by atoms with E-state index in [1.54, 1.807) is 41.5 Å². The van der Waals surface area contributed by atoms with Gasteiger partial charge in [-0.1, -0.05) is 0 Å². The van der Waals surface area contributed by atoms with Crippen molar-refractivity contribution in [2.75, 3.05) is 19.7 Å². The third kappa shape index (κ3) is 4.89. The number of carbonyl (C=O) groups excluding carboxylic acids is 1. The smallest absolute Gasteiger partial charge is 0.410 e. The Morgan fingerprint density at radius 1 is 1.36 bits per heavy atom. The molecule has 0 aromatic carbocycles. The molecule has 1 aliphatic heterocycles. The predicted octanol–water partition coefficient (Wildman–Crippen LogP) is 1.36. The summed E-state index contributed by atoms with van der Waals surface area (Å²) in [6.07, 6.45) is -0.589. The highest BCUT2D eigenvalue weighted by Gasteiger charge is 2.53. The minimum atomic E-state index is -1.81. The lowest BCUT2D eigenvalue weighted by Crippen LogP contribution is -2.70. The van der Waals surface area contributed by atoms with Gasteiger partial charge in [-0.15, -0.1) is 0 Å². The topological polar surface area (TPSA) is 78.9 Å². The first kappa shape index (κ1) is 19.3. The monoisotopic (exact) mass is 338 g/mol. The van der Waals surface area contributed by atoms with Gasteiger partial charge in [-0.3, -0.25) is 0 Å². The van der Waals surface area contributed by atoms with Gasteiger partial charge in [0.15, 0.2) is 5.67 Å². The van der Waals surface area contributed by atoms with E-state index >= 15 is 0 Å². The van der Waals surface area contributed by atoms with Gasteiger partial charge in [0.25, 0.3) is 0 Å². The largest absolute Gasteiger partial charge is 0.444 e. The van der Waals surface area contributed by atoms with Gasteiger partial charge in [0, 0.05) is 0 Å². The van der Waals surface area contributed by atoms with Gasteiger partial charge in [-0.2, -0.15) is 0 Å². The first-order chi connectivity index (χ1) is 9.78. The number of nitrogens with zero attached hydrogens (tertiary/aromatic N) is 1. The molecule has 6 nitrogen and oxygen atoms in total. The molecule has 0 aliphatic carbocycles. The fourth-order valence-corrected chi connectivity index (χ4v) is 2.77. The van der Waals surface area contributed by atoms with Crippen LogP contribution in [0.5, 0.6) is 0 Å². The van der Waals surface area contributed by atoms with Crippen LogP contribution in [0.1, 0.15) is 41.5 Å². The van der Waals surface area contributed by atoms with Crippen LogP contribution in [0, 0.1) is 0 Å². The maximum absolute atomic E-state index is 14.8. The van der Waals surface area contributed by atoms with Crippen LogP contribution in [0.2, 0.25) is 0 Å². The summed E-state index contributed by atoms with van der Waals surface area (Å²) in [5, 5.41) is 9.38. The number of hydrogen-bond donors (Lipinski definition) is 2. The second kappa shape index (κ2) is 6.41. The molecule has 0 radical (unpaired) electrons. The molecule has 1 rings (SSSR count). The molecule has 1 amide bonds. The van der Waals surface area contributed by atoms with Crippen LogP contribution in [-0.2, 0) is 15.7 Å². The Balaban J connectivity index is 2.62. The Bertz CT molecular complexity index is 439. The van der Waals surface area contributed by atoms with Crippen LogP contribution in [-0.4, -0.2) is 62.1 Å². The van der Waals surface area contributed by atoms with Gasteiger partial charge in [0.05, 0.1) is 41.5 Å². The highest BCUT2D eigenvalue weighted by molar-refractivity contribution is 7.84. The Morgan fingerprint density at radius 3 is 2.23 bits per heavy atom. The SMILES string of the molecule is CC(C)(C)OC(=O)N1CC(F)(C(CO)NS(=O)C(C)(C)C)C1. The molecule has 0 aromatic heterocycles. The van der Waals surface area contributed by atoms with Gasteiger partial charge in [-0.25, -0.2) is 18.1 Å². The second-order valence-electron chi connectivity index (χ2n) is 7.61. The lowest BCUT2D eigenvalue weighted by molar-refractivity contribution is -0.0715. The minimum Gasteiger partial charge on any atom is -0.444 e. The van der Waals surface area contributed by atoms with E-state index < -0.39 is 45.7 Å². The fraction of sp³-hybridized carbons (Fsp3) is 0.929. The number of carbonyl (C=O) groups is 1. The van der Waals surface area contributed by atoms with Crippen molar-refractivity contribution < 1.29 is 23.2 Å². The van der Waals surface area contributed by atoms with E-state index in [4.69, 9.17) is 4.74 Å². The highest BCUT2D eigenvalue weighted by Crippen LogP contribution is 2.31. The molecule has 1 fully saturated rings. The zero-order valence-corrected chi connectivity index (χ0v) is 14.9. The van der Waals surface area contributed by atoms with Crippen molar-refractivity contribution in [3.63, 3.8) is 0 Å². The summed E-state index contributed by atoms with van der Waals surface area (Å²) in [6.45, 7) is 9.58. The van der Waals surface area contributed by atoms with Gasteiger partial charge < -0.3 is 14.7 Å². The normalized spacial score (nSPS) is 21.0. The van der Waals surface area contributed by atoms with Crippen LogP contribution in [0.3, 0.4) is 0 Å². The van der Waals surface area contributed by atoms with E-state index in [-0.39, 0.29) is 13.1 Å². The molecule has 1 saturated heterocycles. The fourth-order valence-electron chi connectivity index (χ4n) is 1.88. The van der Waals surface area contributed by atoms with E-state index in [1.165, 1.54) is 4.90 Å². The summed E-state index contributed by atoms with van der Waals surface area (Å²) < 4.78 is 34.0. The Kier molecular flexibility index (Phi) is 5.63. The lowest BCUT2D eigenvalue weighted by Gasteiger charge is -2.48. The lowest BCUT2D eigenvalue weighted by atomic mass is 9.89. The van der Waals surface area contributed by atoms with Crippen molar-refractivity contribution in [1.82, 2.24) is 9.62 Å². The molecule has 1 aliphatic rings. The third-order valence-electron chi connectivity index (χ3n) is 3.17. The molecule has 0 saturated carbocycles. The summed E-state index contributed by atoms with van der Waals surface area (Å²) >= 11 is 0. The number of halogens is 1. The molecule has 0 spiro atoms. The molecule has 130 valence electrons. The van der Waals surface area contributed by atoms with Crippen molar-refractivity contribution in [2.45, 2.75) is 63.6 Å². The van der Waals surface area contributed by atoms with Crippen LogP contribution in [0.4, 0.5) is 9.18 Å². The van der Waals surface area contributed by atoms with Crippen molar-refractivity contribution in [3.8, 4) is 0 Å². The molecular formula is C14H27FN2O4S. The molecule has 8 heteroatoms. The van der Waals surface area contributed by atoms with Gasteiger partial charge >= 0.3 is 6.09 Å². The van der Waals surface area contributed by atoms with Crippen molar-refractivity contribution in [2.24, 2.45) is 0 Å². The Morgan fingerprint density at radius 2 is 1.86 bits per heavy atom. The molecule has 0 bridgehead atoms. The summed E-state index contributed by atoms with van der Waals surface area (Å²) in [6, 6.07) is -0.994. The zero-order valence-electron chi connectivity index (χ0n) is 14.1. The van der Waals surface area contributed by atoms with Gasteiger partial charge in [-0.05, 0) is 41.5 Å². The number of likely N-dealkylation sites (tertiary alicyclic amines) is 1. The number of aliphatic hydroxyl groups excluding tert-OH is 1. The predicted molar refractivity (Wildman–Crippen MR) is 83.6 cm³/mol. The molecule has 22 heavy (non-hydrogen) atoms. The molecule has 1 heterocycles. The van der Waals surface area contributed by atoms with E-state index in [1.807, 2.05) is 0 Å². The maximum atomic E-state index is 14.8. The molecule has 2 unspecified atom stereocenters. The number of hydrogen-bond acceptors (Lipinski definition) is 4. The highest BCUT2D eigenvalue weighted by atomic mass is 32.2. The minimum absolute atomic E-state index is 0.193.